The summed E-state index contributed by atoms with van der Waals surface area (Å²) in [5.41, 5.74) is 0. The third kappa shape index (κ3) is 1.09. The fourth-order valence-corrected chi connectivity index (χ4v) is 0.666. The molecule has 1 aliphatic rings. The number of aliphatic hydroxyl groups is 2. The van der Waals surface area contributed by atoms with Crippen molar-refractivity contribution in [3.05, 3.63) is 12.2 Å². The van der Waals surface area contributed by atoms with Crippen LogP contribution in [0.15, 0.2) is 12.2 Å². The number of ketones is 1. The highest BCUT2D eigenvalue weighted by Gasteiger charge is 2.36. The SMILES string of the molecule is O=C1C=CCOC1(O)CO. The van der Waals surface area contributed by atoms with Crippen LogP contribution in [-0.4, -0.2) is 35.0 Å². The lowest BCUT2D eigenvalue weighted by molar-refractivity contribution is -0.213. The molecule has 1 aliphatic heterocycles. The second kappa shape index (κ2) is 2.49. The largest absolute Gasteiger partial charge is 0.390 e. The number of hydrogen-bond donors (Lipinski definition) is 2. The van der Waals surface area contributed by atoms with E-state index in [2.05, 4.69) is 4.74 Å². The van der Waals surface area contributed by atoms with Gasteiger partial charge >= 0.3 is 0 Å². The third-order valence-electron chi connectivity index (χ3n) is 1.29. The van der Waals surface area contributed by atoms with Gasteiger partial charge in [0, 0.05) is 0 Å². The molecule has 0 aromatic heterocycles. The molecule has 0 saturated heterocycles. The van der Waals surface area contributed by atoms with Crippen LogP contribution in [0.3, 0.4) is 0 Å². The predicted molar refractivity (Wildman–Crippen MR) is 32.1 cm³/mol. The summed E-state index contributed by atoms with van der Waals surface area (Å²) < 4.78 is 4.60. The van der Waals surface area contributed by atoms with Gasteiger partial charge in [0.05, 0.1) is 6.61 Å². The highest BCUT2D eigenvalue weighted by Crippen LogP contribution is 2.12. The summed E-state index contributed by atoms with van der Waals surface area (Å²) in [4.78, 5) is 10.7. The van der Waals surface area contributed by atoms with Crippen LogP contribution in [0, 0.1) is 0 Å². The molecule has 0 aromatic carbocycles. The molecule has 0 spiro atoms. The van der Waals surface area contributed by atoms with Gasteiger partial charge in [0.15, 0.2) is 0 Å². The van der Waals surface area contributed by atoms with E-state index in [1.54, 1.807) is 0 Å². The molecule has 1 unspecified atom stereocenters. The van der Waals surface area contributed by atoms with Gasteiger partial charge in [-0.1, -0.05) is 6.08 Å². The Balaban J connectivity index is 2.77. The average molecular weight is 144 g/mol. The minimum atomic E-state index is -1.99. The Kier molecular flexibility index (Phi) is 1.85. The van der Waals surface area contributed by atoms with Crippen LogP contribution in [0.5, 0.6) is 0 Å². The van der Waals surface area contributed by atoms with Crippen molar-refractivity contribution in [1.29, 1.82) is 0 Å². The Hall–Kier alpha value is -0.710. The van der Waals surface area contributed by atoms with Crippen molar-refractivity contribution < 1.29 is 19.7 Å². The zero-order valence-corrected chi connectivity index (χ0v) is 5.28. The second-order valence-corrected chi connectivity index (χ2v) is 2.02. The Morgan fingerprint density at radius 1 is 1.80 bits per heavy atom. The van der Waals surface area contributed by atoms with Gasteiger partial charge in [0.25, 0.3) is 5.79 Å². The van der Waals surface area contributed by atoms with Crippen molar-refractivity contribution in [3.8, 4) is 0 Å². The molecular weight excluding hydrogens is 136 g/mol. The van der Waals surface area contributed by atoms with Gasteiger partial charge in [-0.2, -0.15) is 0 Å². The third-order valence-corrected chi connectivity index (χ3v) is 1.29. The number of carbonyl (C=O) groups excluding carboxylic acids is 1. The van der Waals surface area contributed by atoms with E-state index < -0.39 is 18.2 Å². The van der Waals surface area contributed by atoms with Crippen LogP contribution >= 0.6 is 0 Å². The van der Waals surface area contributed by atoms with Crippen LogP contribution in [0.1, 0.15) is 0 Å². The van der Waals surface area contributed by atoms with Crippen LogP contribution in [0.2, 0.25) is 0 Å². The maximum absolute atomic E-state index is 10.7. The lowest BCUT2D eigenvalue weighted by Crippen LogP contribution is -2.46. The van der Waals surface area contributed by atoms with Crippen LogP contribution < -0.4 is 0 Å². The quantitative estimate of drug-likeness (QED) is 0.486. The van der Waals surface area contributed by atoms with Crippen molar-refractivity contribution in [2.45, 2.75) is 5.79 Å². The van der Waals surface area contributed by atoms with E-state index in [-0.39, 0.29) is 6.61 Å². The zero-order valence-electron chi connectivity index (χ0n) is 5.28. The molecule has 2 N–H and O–H groups in total. The van der Waals surface area contributed by atoms with Gasteiger partial charge in [-0.05, 0) is 6.08 Å². The summed E-state index contributed by atoms with van der Waals surface area (Å²) in [6.45, 7) is -0.543. The van der Waals surface area contributed by atoms with Crippen molar-refractivity contribution in [2.24, 2.45) is 0 Å². The van der Waals surface area contributed by atoms with Crippen LogP contribution in [0.4, 0.5) is 0 Å². The van der Waals surface area contributed by atoms with E-state index in [1.807, 2.05) is 0 Å². The maximum atomic E-state index is 10.7. The van der Waals surface area contributed by atoms with E-state index in [0.717, 1.165) is 0 Å². The molecule has 56 valence electrons. The molecule has 10 heavy (non-hydrogen) atoms. The van der Waals surface area contributed by atoms with Crippen molar-refractivity contribution in [1.82, 2.24) is 0 Å². The van der Waals surface area contributed by atoms with Crippen molar-refractivity contribution >= 4 is 5.78 Å². The van der Waals surface area contributed by atoms with Crippen LogP contribution in [-0.2, 0) is 9.53 Å². The number of ether oxygens (including phenoxy) is 1. The summed E-state index contributed by atoms with van der Waals surface area (Å²) in [5, 5.41) is 17.6. The number of aliphatic hydroxyl groups excluding tert-OH is 1. The standard InChI is InChI=1S/C6H8O4/c7-4-6(9)5(8)2-1-3-10-6/h1-2,7,9H,3-4H2. The first-order chi connectivity index (χ1) is 4.69. The molecular formula is C6H8O4. The van der Waals surface area contributed by atoms with E-state index in [9.17, 15) is 4.79 Å². The molecule has 4 nitrogen and oxygen atoms in total. The molecule has 0 aromatic rings. The lowest BCUT2D eigenvalue weighted by Gasteiger charge is -2.24. The Bertz CT molecular complexity index is 175. The molecule has 1 heterocycles. The van der Waals surface area contributed by atoms with Gasteiger partial charge in [0.2, 0.25) is 5.78 Å². The Morgan fingerprint density at radius 2 is 2.50 bits per heavy atom. The number of rotatable bonds is 1. The normalized spacial score (nSPS) is 32.8. The molecule has 0 bridgehead atoms. The van der Waals surface area contributed by atoms with Crippen LogP contribution in [0.25, 0.3) is 0 Å². The molecule has 4 heteroatoms. The minimum Gasteiger partial charge on any atom is -0.390 e. The summed E-state index contributed by atoms with van der Waals surface area (Å²) in [6, 6.07) is 0. The topological polar surface area (TPSA) is 66.8 Å². The monoisotopic (exact) mass is 144 g/mol. The van der Waals surface area contributed by atoms with E-state index in [1.165, 1.54) is 12.2 Å². The van der Waals surface area contributed by atoms with Gasteiger partial charge in [-0.3, -0.25) is 4.79 Å². The molecule has 0 saturated carbocycles. The summed E-state index contributed by atoms with van der Waals surface area (Å²) in [7, 11) is 0. The van der Waals surface area contributed by atoms with E-state index in [4.69, 9.17) is 10.2 Å². The number of hydrogen-bond acceptors (Lipinski definition) is 4. The summed E-state index contributed by atoms with van der Waals surface area (Å²) in [5.74, 6) is -2.60. The number of carbonyl (C=O) groups is 1. The first kappa shape index (κ1) is 7.40. The Morgan fingerprint density at radius 3 is 2.90 bits per heavy atom. The second-order valence-electron chi connectivity index (χ2n) is 2.02. The van der Waals surface area contributed by atoms with Crippen molar-refractivity contribution in [2.75, 3.05) is 13.2 Å². The molecule has 1 rings (SSSR count). The van der Waals surface area contributed by atoms with Gasteiger partial charge in [-0.15, -0.1) is 0 Å². The molecule has 0 fully saturated rings. The lowest BCUT2D eigenvalue weighted by atomic mass is 10.1. The first-order valence-corrected chi connectivity index (χ1v) is 2.87. The van der Waals surface area contributed by atoms with E-state index >= 15 is 0 Å². The highest BCUT2D eigenvalue weighted by atomic mass is 16.6. The maximum Gasteiger partial charge on any atom is 0.254 e. The zero-order chi connectivity index (χ0) is 7.61. The van der Waals surface area contributed by atoms with Gasteiger partial charge in [0.1, 0.15) is 6.61 Å². The molecule has 1 atom stereocenters. The fourth-order valence-electron chi connectivity index (χ4n) is 0.666. The molecule has 0 amide bonds. The first-order valence-electron chi connectivity index (χ1n) is 2.87. The van der Waals surface area contributed by atoms with Gasteiger partial charge < -0.3 is 14.9 Å². The summed E-state index contributed by atoms with van der Waals surface area (Å²) in [6.07, 6.45) is 2.67. The smallest absolute Gasteiger partial charge is 0.254 e. The molecule has 0 aliphatic carbocycles. The van der Waals surface area contributed by atoms with E-state index in [0.29, 0.717) is 0 Å². The average Bonchev–Trinajstić information content (AvgIpc) is 1.96. The minimum absolute atomic E-state index is 0.156. The molecule has 0 radical (unpaired) electrons. The van der Waals surface area contributed by atoms with Crippen molar-refractivity contribution in [3.63, 3.8) is 0 Å². The Labute approximate surface area is 57.7 Å². The van der Waals surface area contributed by atoms with Gasteiger partial charge in [-0.25, -0.2) is 0 Å². The summed E-state index contributed by atoms with van der Waals surface area (Å²) >= 11 is 0. The highest BCUT2D eigenvalue weighted by molar-refractivity contribution is 5.96. The fraction of sp³-hybridized carbons (Fsp3) is 0.500. The predicted octanol–water partition coefficient (Wildman–Crippen LogP) is -1.18.